The van der Waals surface area contributed by atoms with Gasteiger partial charge in [-0.05, 0) is 78.8 Å². The SMILES string of the molecule is CC(C)[C@@H]1CC[C@@H](C)C[C@H]1O[C@@H]1OC(=O)[C@H](Cc2cccc(O)c2)[C@H]1Cc1cccc(O)c1. The lowest BCUT2D eigenvalue weighted by atomic mass is 9.75. The molecular weight excluding hydrogens is 416 g/mol. The first kappa shape index (κ1) is 23.6. The van der Waals surface area contributed by atoms with Crippen LogP contribution in [0.3, 0.4) is 0 Å². The van der Waals surface area contributed by atoms with Crippen LogP contribution in [0.1, 0.15) is 51.2 Å². The molecule has 5 nitrogen and oxygen atoms in total. The number of hydrogen-bond donors (Lipinski definition) is 2. The lowest BCUT2D eigenvalue weighted by Crippen LogP contribution is -2.39. The number of esters is 1. The smallest absolute Gasteiger partial charge is 0.312 e. The highest BCUT2D eigenvalue weighted by Gasteiger charge is 2.47. The molecule has 1 aliphatic carbocycles. The molecule has 2 aromatic carbocycles. The van der Waals surface area contributed by atoms with Crippen LogP contribution in [0.4, 0.5) is 0 Å². The Bertz CT molecular complexity index is 955. The van der Waals surface area contributed by atoms with E-state index >= 15 is 0 Å². The van der Waals surface area contributed by atoms with Gasteiger partial charge in [0.1, 0.15) is 11.5 Å². The van der Waals surface area contributed by atoms with E-state index in [1.165, 1.54) is 6.42 Å². The molecular formula is C28H36O5. The van der Waals surface area contributed by atoms with Crippen LogP contribution in [0.25, 0.3) is 0 Å². The standard InChI is InChI=1S/C28H36O5/c1-17(2)23-11-10-18(3)12-26(23)32-28-25(16-20-7-5-9-22(30)14-20)24(27(31)33-28)15-19-6-4-8-21(29)13-19/h4-9,13-14,17-18,23-26,28-30H,10-12,15-16H2,1-3H3/t18-,23+,24-,25-,26-,28-/m1/s1. The van der Waals surface area contributed by atoms with Crippen LogP contribution in [0.2, 0.25) is 0 Å². The molecule has 5 heteroatoms. The number of benzene rings is 2. The van der Waals surface area contributed by atoms with Crippen molar-refractivity contribution in [3.63, 3.8) is 0 Å². The Hall–Kier alpha value is -2.53. The number of hydrogen-bond acceptors (Lipinski definition) is 5. The van der Waals surface area contributed by atoms with Crippen molar-refractivity contribution in [2.24, 2.45) is 29.6 Å². The molecule has 0 aromatic heterocycles. The zero-order chi connectivity index (χ0) is 23.5. The highest BCUT2D eigenvalue weighted by molar-refractivity contribution is 5.75. The van der Waals surface area contributed by atoms with Crippen LogP contribution in [0.15, 0.2) is 48.5 Å². The average Bonchev–Trinajstić information content (AvgIpc) is 3.02. The van der Waals surface area contributed by atoms with E-state index in [1.54, 1.807) is 30.3 Å². The summed E-state index contributed by atoms with van der Waals surface area (Å²) in [4.78, 5) is 13.0. The number of phenols is 2. The molecule has 1 saturated carbocycles. The molecule has 1 saturated heterocycles. The van der Waals surface area contributed by atoms with Crippen LogP contribution in [0, 0.1) is 29.6 Å². The monoisotopic (exact) mass is 452 g/mol. The molecule has 0 amide bonds. The zero-order valence-corrected chi connectivity index (χ0v) is 19.8. The van der Waals surface area contributed by atoms with E-state index < -0.39 is 6.29 Å². The van der Waals surface area contributed by atoms with Crippen LogP contribution in [0.5, 0.6) is 11.5 Å². The highest BCUT2D eigenvalue weighted by Crippen LogP contribution is 2.41. The van der Waals surface area contributed by atoms with Crippen molar-refractivity contribution in [1.29, 1.82) is 0 Å². The number of ether oxygens (including phenoxy) is 2. The molecule has 6 atom stereocenters. The maximum absolute atomic E-state index is 13.0. The van der Waals surface area contributed by atoms with E-state index in [2.05, 4.69) is 20.8 Å². The van der Waals surface area contributed by atoms with Crippen molar-refractivity contribution in [2.75, 3.05) is 0 Å². The first-order valence-electron chi connectivity index (χ1n) is 12.2. The number of carbonyl (C=O) groups excluding carboxylic acids is 1. The predicted octanol–water partition coefficient (Wildman–Crippen LogP) is 5.48. The topological polar surface area (TPSA) is 76.0 Å². The van der Waals surface area contributed by atoms with E-state index in [0.717, 1.165) is 24.0 Å². The quantitative estimate of drug-likeness (QED) is 0.545. The Labute approximate surface area is 196 Å². The van der Waals surface area contributed by atoms with Crippen LogP contribution < -0.4 is 0 Å². The van der Waals surface area contributed by atoms with Crippen LogP contribution in [-0.2, 0) is 27.1 Å². The van der Waals surface area contributed by atoms with E-state index in [9.17, 15) is 15.0 Å². The summed E-state index contributed by atoms with van der Waals surface area (Å²) in [5, 5.41) is 19.9. The third kappa shape index (κ3) is 5.70. The van der Waals surface area contributed by atoms with Gasteiger partial charge in [-0.3, -0.25) is 4.79 Å². The highest BCUT2D eigenvalue weighted by atomic mass is 16.7. The minimum Gasteiger partial charge on any atom is -0.508 e. The summed E-state index contributed by atoms with van der Waals surface area (Å²) in [7, 11) is 0. The molecule has 1 aliphatic heterocycles. The van der Waals surface area contributed by atoms with Gasteiger partial charge in [-0.2, -0.15) is 0 Å². The molecule has 178 valence electrons. The van der Waals surface area contributed by atoms with E-state index in [-0.39, 0.29) is 35.4 Å². The second-order valence-electron chi connectivity index (χ2n) is 10.3. The second-order valence-corrected chi connectivity index (χ2v) is 10.3. The Morgan fingerprint density at radius 1 is 1.00 bits per heavy atom. The van der Waals surface area contributed by atoms with Gasteiger partial charge in [0.05, 0.1) is 12.0 Å². The first-order chi connectivity index (χ1) is 15.8. The molecule has 0 spiro atoms. The molecule has 2 aromatic rings. The molecule has 1 heterocycles. The summed E-state index contributed by atoms with van der Waals surface area (Å²) in [6.45, 7) is 6.75. The Balaban J connectivity index is 1.59. The molecule has 2 N–H and O–H groups in total. The number of carbonyl (C=O) groups is 1. The second kappa shape index (κ2) is 10.2. The predicted molar refractivity (Wildman–Crippen MR) is 127 cm³/mol. The fourth-order valence-electron chi connectivity index (χ4n) is 5.59. The zero-order valence-electron chi connectivity index (χ0n) is 19.8. The minimum absolute atomic E-state index is 0.0674. The van der Waals surface area contributed by atoms with E-state index in [1.807, 2.05) is 18.2 Å². The van der Waals surface area contributed by atoms with Gasteiger partial charge in [0, 0.05) is 5.92 Å². The van der Waals surface area contributed by atoms with Crippen molar-refractivity contribution in [3.8, 4) is 11.5 Å². The fraction of sp³-hybridized carbons (Fsp3) is 0.536. The van der Waals surface area contributed by atoms with E-state index in [4.69, 9.17) is 9.47 Å². The number of phenolic OH excluding ortho intramolecular Hbond substituents is 2. The normalized spacial score (nSPS) is 29.9. The van der Waals surface area contributed by atoms with Crippen LogP contribution >= 0.6 is 0 Å². The molecule has 2 aliphatic rings. The van der Waals surface area contributed by atoms with Gasteiger partial charge >= 0.3 is 5.97 Å². The fourth-order valence-corrected chi connectivity index (χ4v) is 5.59. The van der Waals surface area contributed by atoms with Gasteiger partial charge in [0.2, 0.25) is 6.29 Å². The van der Waals surface area contributed by atoms with Gasteiger partial charge in [-0.25, -0.2) is 0 Å². The van der Waals surface area contributed by atoms with Crippen molar-refractivity contribution in [2.45, 2.75) is 65.3 Å². The average molecular weight is 453 g/mol. The lowest BCUT2D eigenvalue weighted by molar-refractivity contribution is -0.195. The molecule has 2 fully saturated rings. The summed E-state index contributed by atoms with van der Waals surface area (Å²) in [6, 6.07) is 14.2. The van der Waals surface area contributed by atoms with Crippen LogP contribution in [-0.4, -0.2) is 28.6 Å². The van der Waals surface area contributed by atoms with Crippen molar-refractivity contribution in [1.82, 2.24) is 0 Å². The summed E-state index contributed by atoms with van der Waals surface area (Å²) >= 11 is 0. The van der Waals surface area contributed by atoms with E-state index in [0.29, 0.717) is 30.6 Å². The van der Waals surface area contributed by atoms with Gasteiger partial charge in [0.15, 0.2) is 0 Å². The molecule has 0 radical (unpaired) electrons. The number of aromatic hydroxyl groups is 2. The molecule has 33 heavy (non-hydrogen) atoms. The maximum Gasteiger partial charge on any atom is 0.312 e. The van der Waals surface area contributed by atoms with Gasteiger partial charge < -0.3 is 19.7 Å². The van der Waals surface area contributed by atoms with Crippen molar-refractivity contribution >= 4 is 5.97 Å². The first-order valence-corrected chi connectivity index (χ1v) is 12.2. The van der Waals surface area contributed by atoms with Crippen molar-refractivity contribution < 1.29 is 24.5 Å². The third-order valence-electron chi connectivity index (χ3n) is 7.42. The largest absolute Gasteiger partial charge is 0.508 e. The number of rotatable bonds is 7. The maximum atomic E-state index is 13.0. The van der Waals surface area contributed by atoms with Gasteiger partial charge in [0.25, 0.3) is 0 Å². The summed E-state index contributed by atoms with van der Waals surface area (Å²) < 4.78 is 12.5. The Kier molecular flexibility index (Phi) is 7.28. The summed E-state index contributed by atoms with van der Waals surface area (Å²) in [5.41, 5.74) is 1.84. The summed E-state index contributed by atoms with van der Waals surface area (Å²) in [6.07, 6.45) is 3.83. The van der Waals surface area contributed by atoms with Crippen molar-refractivity contribution in [3.05, 3.63) is 59.7 Å². The van der Waals surface area contributed by atoms with Gasteiger partial charge in [-0.15, -0.1) is 0 Å². The lowest BCUT2D eigenvalue weighted by Gasteiger charge is -2.39. The Morgan fingerprint density at radius 3 is 2.24 bits per heavy atom. The minimum atomic E-state index is -0.612. The Morgan fingerprint density at radius 2 is 1.64 bits per heavy atom. The third-order valence-corrected chi connectivity index (χ3v) is 7.42. The molecule has 0 bridgehead atoms. The molecule has 0 unspecified atom stereocenters. The summed E-state index contributed by atoms with van der Waals surface area (Å²) in [5.74, 6) is 1.14. The van der Waals surface area contributed by atoms with Gasteiger partial charge in [-0.1, -0.05) is 51.5 Å². The number of cyclic esters (lactones) is 1. The molecule has 4 rings (SSSR count).